The normalized spacial score (nSPS) is 17.4. The van der Waals surface area contributed by atoms with Crippen molar-refractivity contribution in [1.29, 1.82) is 0 Å². The van der Waals surface area contributed by atoms with Gasteiger partial charge in [0.25, 0.3) is 0 Å². The molecule has 1 aliphatic rings. The molecule has 0 bridgehead atoms. The number of ether oxygens (including phenoxy) is 1. The largest absolute Gasteiger partial charge is 0.370 e. The topological polar surface area (TPSA) is 70.5 Å². The summed E-state index contributed by atoms with van der Waals surface area (Å²) in [5.74, 6) is 0.925. The maximum absolute atomic E-state index is 5.95. The number of rotatable bonds is 4. The Kier molecular flexibility index (Phi) is 7.18. The Morgan fingerprint density at radius 2 is 2.28 bits per heavy atom. The average Bonchev–Trinajstić information content (AvgIpc) is 3.33. The van der Waals surface area contributed by atoms with E-state index in [1.54, 1.807) is 0 Å². The fourth-order valence-electron chi connectivity index (χ4n) is 3.94. The van der Waals surface area contributed by atoms with Crippen LogP contribution in [0.25, 0.3) is 10.9 Å². The van der Waals surface area contributed by atoms with E-state index < -0.39 is 0 Å². The Balaban J connectivity index is 0.00000240. The van der Waals surface area contributed by atoms with Gasteiger partial charge in [-0.15, -0.1) is 24.0 Å². The third-order valence-electron chi connectivity index (χ3n) is 5.35. The number of morpholine rings is 1. The Hall–Kier alpha value is -2.07. The van der Waals surface area contributed by atoms with Crippen molar-refractivity contribution in [1.82, 2.24) is 25.0 Å². The third kappa shape index (κ3) is 4.75. The van der Waals surface area contributed by atoms with Crippen molar-refractivity contribution in [3.63, 3.8) is 0 Å². The predicted molar refractivity (Wildman–Crippen MR) is 127 cm³/mol. The van der Waals surface area contributed by atoms with Crippen molar-refractivity contribution >= 4 is 40.8 Å². The van der Waals surface area contributed by atoms with Crippen molar-refractivity contribution in [2.75, 3.05) is 33.3 Å². The van der Waals surface area contributed by atoms with Gasteiger partial charge in [0.2, 0.25) is 0 Å². The second-order valence-corrected chi connectivity index (χ2v) is 7.29. The van der Waals surface area contributed by atoms with Gasteiger partial charge in [0.05, 0.1) is 19.3 Å². The van der Waals surface area contributed by atoms with E-state index in [0.717, 1.165) is 37.6 Å². The zero-order valence-corrected chi connectivity index (χ0v) is 19.5. The summed E-state index contributed by atoms with van der Waals surface area (Å²) in [6.07, 6.45) is 6.99. The molecule has 0 radical (unpaired) electrons. The first kappa shape index (κ1) is 21.6. The molecule has 1 saturated heterocycles. The van der Waals surface area contributed by atoms with E-state index in [4.69, 9.17) is 4.74 Å². The number of nitrogens with one attached hydrogen (secondary N) is 2. The van der Waals surface area contributed by atoms with Gasteiger partial charge in [0.1, 0.15) is 6.10 Å². The van der Waals surface area contributed by atoms with Gasteiger partial charge in [-0.1, -0.05) is 12.1 Å². The molecule has 1 unspecified atom stereocenters. The van der Waals surface area contributed by atoms with E-state index >= 15 is 0 Å². The number of guanidine groups is 1. The summed E-state index contributed by atoms with van der Waals surface area (Å²) in [5, 5.41) is 9.12. The predicted octanol–water partition coefficient (Wildman–Crippen LogP) is 3.02. The molecule has 7 nitrogen and oxygen atoms in total. The van der Waals surface area contributed by atoms with Gasteiger partial charge in [-0.2, -0.15) is 5.10 Å². The highest BCUT2D eigenvalue weighted by Crippen LogP contribution is 2.23. The minimum absolute atomic E-state index is 0. The van der Waals surface area contributed by atoms with Crippen molar-refractivity contribution in [3.05, 3.63) is 53.5 Å². The lowest BCUT2D eigenvalue weighted by molar-refractivity contribution is -0.00800. The standard InChI is InChI=1S/C21H28N6O.HI/c1-15-5-4-6-18-20(15)16(11-24-18)7-8-23-21(22-2)27-9-10-28-19(14-27)17-12-25-26(3)13-17;/h4-6,11-13,19,24H,7-10,14H2,1-3H3,(H,22,23);1H. The minimum Gasteiger partial charge on any atom is -0.370 e. The minimum atomic E-state index is 0. The van der Waals surface area contributed by atoms with Crippen molar-refractivity contribution in [2.45, 2.75) is 19.4 Å². The Labute approximate surface area is 188 Å². The van der Waals surface area contributed by atoms with Crippen molar-refractivity contribution in [3.8, 4) is 0 Å². The van der Waals surface area contributed by atoms with E-state index in [2.05, 4.69) is 56.6 Å². The molecule has 1 atom stereocenters. The summed E-state index contributed by atoms with van der Waals surface area (Å²) < 4.78 is 7.76. The summed E-state index contributed by atoms with van der Waals surface area (Å²) in [6.45, 7) is 5.29. The molecule has 4 rings (SSSR count). The van der Waals surface area contributed by atoms with Gasteiger partial charge in [-0.05, 0) is 30.5 Å². The van der Waals surface area contributed by atoms with Gasteiger partial charge in [0, 0.05) is 56.0 Å². The number of aromatic amines is 1. The second-order valence-electron chi connectivity index (χ2n) is 7.29. The molecule has 0 spiro atoms. The van der Waals surface area contributed by atoms with Gasteiger partial charge in [-0.3, -0.25) is 9.67 Å². The highest BCUT2D eigenvalue weighted by molar-refractivity contribution is 14.0. The molecule has 3 heterocycles. The molecule has 1 fully saturated rings. The van der Waals surface area contributed by atoms with E-state index in [1.165, 1.54) is 22.0 Å². The van der Waals surface area contributed by atoms with Crippen molar-refractivity contribution < 1.29 is 4.74 Å². The van der Waals surface area contributed by atoms with Crippen molar-refractivity contribution in [2.24, 2.45) is 12.0 Å². The Morgan fingerprint density at radius 1 is 1.41 bits per heavy atom. The van der Waals surface area contributed by atoms with E-state index in [0.29, 0.717) is 6.61 Å². The summed E-state index contributed by atoms with van der Waals surface area (Å²) in [5.41, 5.74) is 4.96. The lowest BCUT2D eigenvalue weighted by Crippen LogP contribution is -2.48. The van der Waals surface area contributed by atoms with E-state index in [1.807, 2.05) is 31.2 Å². The van der Waals surface area contributed by atoms with Crippen LogP contribution in [-0.2, 0) is 18.2 Å². The molecule has 0 amide bonds. The lowest BCUT2D eigenvalue weighted by Gasteiger charge is -2.34. The molecular formula is C21H29IN6O. The lowest BCUT2D eigenvalue weighted by atomic mass is 10.1. The number of H-pyrrole nitrogens is 1. The zero-order valence-electron chi connectivity index (χ0n) is 17.2. The third-order valence-corrected chi connectivity index (χ3v) is 5.35. The molecule has 8 heteroatoms. The SMILES string of the molecule is CN=C(NCCc1c[nH]c2cccc(C)c12)N1CCOC(c2cnn(C)c2)C1.I. The number of aliphatic imine (C=N–C) groups is 1. The number of benzene rings is 1. The van der Waals surface area contributed by atoms with Gasteiger partial charge in [-0.25, -0.2) is 0 Å². The number of aromatic nitrogens is 3. The average molecular weight is 508 g/mol. The Morgan fingerprint density at radius 3 is 3.03 bits per heavy atom. The highest BCUT2D eigenvalue weighted by Gasteiger charge is 2.25. The summed E-state index contributed by atoms with van der Waals surface area (Å²) >= 11 is 0. The first-order chi connectivity index (χ1) is 13.7. The first-order valence-corrected chi connectivity index (χ1v) is 9.77. The van der Waals surface area contributed by atoms with Gasteiger partial charge >= 0.3 is 0 Å². The molecule has 1 aliphatic heterocycles. The Bertz CT molecular complexity index is 979. The quantitative estimate of drug-likeness (QED) is 0.323. The highest BCUT2D eigenvalue weighted by atomic mass is 127. The van der Waals surface area contributed by atoms with Gasteiger partial charge in [0.15, 0.2) is 5.96 Å². The number of fused-ring (bicyclic) bond motifs is 1. The first-order valence-electron chi connectivity index (χ1n) is 9.77. The maximum atomic E-state index is 5.95. The monoisotopic (exact) mass is 508 g/mol. The van der Waals surface area contributed by atoms with Crippen LogP contribution >= 0.6 is 24.0 Å². The number of hydrogen-bond donors (Lipinski definition) is 2. The fourth-order valence-corrected chi connectivity index (χ4v) is 3.94. The molecule has 0 aliphatic carbocycles. The maximum Gasteiger partial charge on any atom is 0.193 e. The molecule has 156 valence electrons. The molecule has 2 N–H and O–H groups in total. The van der Waals surface area contributed by atoms with Crippen LogP contribution in [0.4, 0.5) is 0 Å². The molecule has 0 saturated carbocycles. The van der Waals surface area contributed by atoms with Crippen LogP contribution in [-0.4, -0.2) is 58.9 Å². The van der Waals surface area contributed by atoms with Crippen LogP contribution in [0.3, 0.4) is 0 Å². The number of aryl methyl sites for hydroxylation is 2. The van der Waals surface area contributed by atoms with Gasteiger partial charge < -0.3 is 19.9 Å². The molecule has 1 aromatic carbocycles. The molecular weight excluding hydrogens is 479 g/mol. The van der Waals surface area contributed by atoms with Crippen LogP contribution in [0.5, 0.6) is 0 Å². The number of nitrogens with zero attached hydrogens (tertiary/aromatic N) is 4. The fraction of sp³-hybridized carbons (Fsp3) is 0.429. The summed E-state index contributed by atoms with van der Waals surface area (Å²) in [7, 11) is 3.77. The van der Waals surface area contributed by atoms with Crippen LogP contribution < -0.4 is 5.32 Å². The van der Waals surface area contributed by atoms with E-state index in [9.17, 15) is 0 Å². The van der Waals surface area contributed by atoms with E-state index in [-0.39, 0.29) is 30.1 Å². The molecule has 29 heavy (non-hydrogen) atoms. The van der Waals surface area contributed by atoms with Crippen LogP contribution in [0.15, 0.2) is 41.8 Å². The van der Waals surface area contributed by atoms with Crippen LogP contribution in [0.1, 0.15) is 22.8 Å². The summed E-state index contributed by atoms with van der Waals surface area (Å²) in [4.78, 5) is 10.1. The number of hydrogen-bond acceptors (Lipinski definition) is 3. The van der Waals surface area contributed by atoms with Crippen LogP contribution in [0, 0.1) is 6.92 Å². The second kappa shape index (κ2) is 9.62. The zero-order chi connectivity index (χ0) is 19.5. The number of halogens is 1. The molecule has 2 aromatic heterocycles. The smallest absolute Gasteiger partial charge is 0.193 e. The molecule has 3 aromatic rings. The summed E-state index contributed by atoms with van der Waals surface area (Å²) in [6, 6.07) is 6.39. The van der Waals surface area contributed by atoms with Crippen LogP contribution in [0.2, 0.25) is 0 Å².